The fraction of sp³-hybridized carbons (Fsp3) is 0.208. The van der Waals surface area contributed by atoms with Crippen LogP contribution in [0.2, 0.25) is 5.02 Å². The fourth-order valence-electron chi connectivity index (χ4n) is 3.40. The number of carbonyl (C=O) groups is 1. The maximum atomic E-state index is 13.0. The van der Waals surface area contributed by atoms with Crippen molar-refractivity contribution in [1.29, 1.82) is 5.26 Å². The highest BCUT2D eigenvalue weighted by Gasteiger charge is 2.24. The van der Waals surface area contributed by atoms with Crippen molar-refractivity contribution in [2.24, 2.45) is 0 Å². The first kappa shape index (κ1) is 22.1. The van der Waals surface area contributed by atoms with E-state index in [-0.39, 0.29) is 35.4 Å². The molecule has 1 aromatic heterocycles. The lowest BCUT2D eigenvalue weighted by molar-refractivity contribution is 0.0988. The maximum Gasteiger partial charge on any atom is 0.271 e. The summed E-state index contributed by atoms with van der Waals surface area (Å²) in [7, 11) is 1.57. The number of methoxy groups -OCH3 is 1. The second-order valence-corrected chi connectivity index (χ2v) is 7.53. The summed E-state index contributed by atoms with van der Waals surface area (Å²) in [5, 5.41) is 20.9. The zero-order chi connectivity index (χ0) is 22.5. The average molecular weight is 437 g/mol. The van der Waals surface area contributed by atoms with E-state index >= 15 is 0 Å². The van der Waals surface area contributed by atoms with Crippen LogP contribution in [-0.4, -0.2) is 22.6 Å². The Hall–Kier alpha value is -3.56. The monoisotopic (exact) mass is 436 g/mol. The summed E-state index contributed by atoms with van der Waals surface area (Å²) in [5.74, 6) is -0.0954. The van der Waals surface area contributed by atoms with Gasteiger partial charge in [-0.2, -0.15) is 5.26 Å². The number of aromatic hydroxyl groups is 1. The number of aryl methyl sites for hydroxylation is 1. The van der Waals surface area contributed by atoms with Crippen LogP contribution in [0.5, 0.6) is 11.6 Å². The second kappa shape index (κ2) is 9.50. The molecule has 3 aromatic rings. The quantitative estimate of drug-likeness (QED) is 0.564. The number of ether oxygens (including phenoxy) is 1. The van der Waals surface area contributed by atoms with Crippen molar-refractivity contribution in [3.05, 3.63) is 91.7 Å². The maximum absolute atomic E-state index is 13.0. The Balaban J connectivity index is 1.95. The van der Waals surface area contributed by atoms with Crippen molar-refractivity contribution in [2.45, 2.75) is 26.3 Å². The third kappa shape index (κ3) is 4.79. The van der Waals surface area contributed by atoms with Crippen LogP contribution in [-0.2, 0) is 19.4 Å². The van der Waals surface area contributed by atoms with Gasteiger partial charge in [0, 0.05) is 18.0 Å². The van der Waals surface area contributed by atoms with Gasteiger partial charge >= 0.3 is 0 Å². The summed E-state index contributed by atoms with van der Waals surface area (Å²) in [6, 6.07) is 16.0. The molecule has 3 rings (SSSR count). The van der Waals surface area contributed by atoms with E-state index in [9.17, 15) is 20.0 Å². The van der Waals surface area contributed by atoms with Crippen LogP contribution >= 0.6 is 11.6 Å². The van der Waals surface area contributed by atoms with Crippen molar-refractivity contribution in [3.63, 3.8) is 0 Å². The molecule has 2 aromatic carbocycles. The van der Waals surface area contributed by atoms with Crippen molar-refractivity contribution in [1.82, 2.24) is 4.57 Å². The molecule has 0 amide bonds. The molecule has 6 nitrogen and oxygen atoms in total. The Morgan fingerprint density at radius 1 is 1.13 bits per heavy atom. The minimum absolute atomic E-state index is 0.00706. The first-order valence-electron chi connectivity index (χ1n) is 9.62. The van der Waals surface area contributed by atoms with E-state index in [4.69, 9.17) is 16.3 Å². The van der Waals surface area contributed by atoms with Gasteiger partial charge in [-0.1, -0.05) is 35.9 Å². The molecular weight excluding hydrogens is 416 g/mol. The number of pyridine rings is 1. The number of hydrogen-bond acceptors (Lipinski definition) is 5. The predicted octanol–water partition coefficient (Wildman–Crippen LogP) is 4.06. The number of nitrogens with zero attached hydrogens (tertiary/aromatic N) is 2. The second-order valence-electron chi connectivity index (χ2n) is 7.09. The molecule has 0 saturated carbocycles. The normalized spacial score (nSPS) is 10.5. The van der Waals surface area contributed by atoms with Gasteiger partial charge < -0.3 is 9.84 Å². The van der Waals surface area contributed by atoms with E-state index in [1.165, 1.54) is 6.92 Å². The van der Waals surface area contributed by atoms with E-state index in [2.05, 4.69) is 0 Å². The van der Waals surface area contributed by atoms with Crippen LogP contribution in [0.15, 0.2) is 53.3 Å². The van der Waals surface area contributed by atoms with Crippen molar-refractivity contribution in [2.75, 3.05) is 7.11 Å². The van der Waals surface area contributed by atoms with E-state index in [1.54, 1.807) is 43.5 Å². The molecule has 0 saturated heterocycles. The third-order valence-corrected chi connectivity index (χ3v) is 5.39. The Bertz CT molecular complexity index is 1210. The van der Waals surface area contributed by atoms with Gasteiger partial charge in [0.1, 0.15) is 17.4 Å². The summed E-state index contributed by atoms with van der Waals surface area (Å²) in [4.78, 5) is 25.8. The van der Waals surface area contributed by atoms with Crippen molar-refractivity contribution in [3.8, 4) is 17.7 Å². The van der Waals surface area contributed by atoms with Gasteiger partial charge in [-0.3, -0.25) is 14.2 Å². The molecule has 1 heterocycles. The van der Waals surface area contributed by atoms with Crippen LogP contribution in [0.25, 0.3) is 0 Å². The molecule has 0 spiro atoms. The van der Waals surface area contributed by atoms with Crippen LogP contribution in [0.4, 0.5) is 0 Å². The molecule has 0 bridgehead atoms. The molecule has 0 radical (unpaired) electrons. The average Bonchev–Trinajstić information content (AvgIpc) is 2.76. The number of nitriles is 1. The molecular formula is C24H21ClN2O4. The molecule has 158 valence electrons. The highest BCUT2D eigenvalue weighted by Crippen LogP contribution is 2.24. The number of benzene rings is 2. The molecule has 0 aliphatic rings. The highest BCUT2D eigenvalue weighted by molar-refractivity contribution is 6.30. The van der Waals surface area contributed by atoms with Crippen molar-refractivity contribution < 1.29 is 14.6 Å². The SMILES string of the molecule is COc1ccc(CCn2c(O)c(C(=O)Cc3ccc(Cl)cc3)c(C)c(C#N)c2=O)cc1. The number of hydrogen-bond donors (Lipinski definition) is 1. The molecule has 0 fully saturated rings. The minimum atomic E-state index is -0.617. The Labute approximate surface area is 184 Å². The van der Waals surface area contributed by atoms with Gasteiger partial charge in [0.15, 0.2) is 5.78 Å². The Morgan fingerprint density at radius 2 is 1.74 bits per heavy atom. The number of carbonyl (C=O) groups excluding carboxylic acids is 1. The molecule has 0 aliphatic heterocycles. The zero-order valence-electron chi connectivity index (χ0n) is 17.2. The first-order valence-corrected chi connectivity index (χ1v) is 10.0. The van der Waals surface area contributed by atoms with Crippen molar-refractivity contribution >= 4 is 17.4 Å². The van der Waals surface area contributed by atoms with Crippen LogP contribution in [0, 0.1) is 18.3 Å². The van der Waals surface area contributed by atoms with Crippen LogP contribution in [0.3, 0.4) is 0 Å². The zero-order valence-corrected chi connectivity index (χ0v) is 17.9. The van der Waals surface area contributed by atoms with E-state index in [1.807, 2.05) is 18.2 Å². The van der Waals surface area contributed by atoms with Gasteiger partial charge in [0.05, 0.1) is 12.7 Å². The summed E-state index contributed by atoms with van der Waals surface area (Å²) < 4.78 is 6.22. The number of aromatic nitrogens is 1. The molecule has 1 N–H and O–H groups in total. The van der Waals surface area contributed by atoms with Gasteiger partial charge in [0.25, 0.3) is 5.56 Å². The van der Waals surface area contributed by atoms with E-state index in [0.717, 1.165) is 10.1 Å². The summed E-state index contributed by atoms with van der Waals surface area (Å²) >= 11 is 5.89. The molecule has 0 unspecified atom stereocenters. The predicted molar refractivity (Wildman–Crippen MR) is 118 cm³/mol. The van der Waals surface area contributed by atoms with Gasteiger partial charge in [-0.15, -0.1) is 0 Å². The molecule has 0 atom stereocenters. The van der Waals surface area contributed by atoms with Gasteiger partial charge in [-0.05, 0) is 54.3 Å². The topological polar surface area (TPSA) is 92.3 Å². The summed E-state index contributed by atoms with van der Waals surface area (Å²) in [6.07, 6.45) is 0.434. The molecule has 0 aliphatic carbocycles. The smallest absolute Gasteiger partial charge is 0.271 e. The Morgan fingerprint density at radius 3 is 2.32 bits per heavy atom. The third-order valence-electron chi connectivity index (χ3n) is 5.14. The lowest BCUT2D eigenvalue weighted by atomic mass is 9.97. The Kier molecular flexibility index (Phi) is 6.78. The lowest BCUT2D eigenvalue weighted by Gasteiger charge is -2.16. The van der Waals surface area contributed by atoms with E-state index < -0.39 is 11.4 Å². The summed E-state index contributed by atoms with van der Waals surface area (Å²) in [6.45, 7) is 1.62. The fourth-order valence-corrected chi connectivity index (χ4v) is 3.53. The number of Topliss-reactive ketones (excluding diaryl/α,β-unsaturated/α-hetero) is 1. The number of ketones is 1. The standard InChI is InChI=1S/C24H21ClN2O4/c1-15-20(14-26)23(29)27(12-11-16-5-9-19(31-2)10-6-16)24(30)22(15)21(28)13-17-3-7-18(25)8-4-17/h3-10,30H,11-13H2,1-2H3. The van der Waals surface area contributed by atoms with Gasteiger partial charge in [-0.25, -0.2) is 0 Å². The number of rotatable bonds is 7. The van der Waals surface area contributed by atoms with Crippen LogP contribution < -0.4 is 10.3 Å². The largest absolute Gasteiger partial charge is 0.497 e. The van der Waals surface area contributed by atoms with E-state index in [0.29, 0.717) is 22.8 Å². The molecule has 31 heavy (non-hydrogen) atoms. The highest BCUT2D eigenvalue weighted by atomic mass is 35.5. The number of halogens is 1. The van der Waals surface area contributed by atoms with Gasteiger partial charge in [0.2, 0.25) is 5.88 Å². The lowest BCUT2D eigenvalue weighted by Crippen LogP contribution is -2.27. The van der Waals surface area contributed by atoms with Crippen LogP contribution in [0.1, 0.15) is 32.6 Å². The summed E-state index contributed by atoms with van der Waals surface area (Å²) in [5.41, 5.74) is 1.04. The minimum Gasteiger partial charge on any atom is -0.497 e. The first-order chi connectivity index (χ1) is 14.8. The molecule has 7 heteroatoms.